The Balaban J connectivity index is 1.23. The molecule has 0 saturated carbocycles. The third-order valence-corrected chi connectivity index (χ3v) is 12.0. The summed E-state index contributed by atoms with van der Waals surface area (Å²) < 4.78 is 11.9. The topological polar surface area (TPSA) is 56.7 Å². The second-order valence-electron chi connectivity index (χ2n) is 14.0. The van der Waals surface area contributed by atoms with Crippen LogP contribution < -0.4 is 0 Å². The molecule has 0 bridgehead atoms. The summed E-state index contributed by atoms with van der Waals surface area (Å²) in [6.45, 7) is 0. The number of hydrogen-bond donors (Lipinski definition) is 0. The van der Waals surface area contributed by atoms with E-state index in [1.165, 1.54) is 30.9 Å². The lowest BCUT2D eigenvalue weighted by molar-refractivity contribution is 0.672. The van der Waals surface area contributed by atoms with Gasteiger partial charge < -0.3 is 8.98 Å². The number of furan rings is 1. The maximum Gasteiger partial charge on any atom is 0.164 e. The largest absolute Gasteiger partial charge is 0.455 e. The highest BCUT2D eigenvalue weighted by molar-refractivity contribution is 7.25. The van der Waals surface area contributed by atoms with E-state index in [0.29, 0.717) is 17.5 Å². The summed E-state index contributed by atoms with van der Waals surface area (Å²) in [4.78, 5) is 15.4. The first kappa shape index (κ1) is 30.3. The smallest absolute Gasteiger partial charge is 0.164 e. The van der Waals surface area contributed by atoms with Crippen LogP contribution in [0, 0.1) is 0 Å². The van der Waals surface area contributed by atoms with Gasteiger partial charge in [0.1, 0.15) is 11.2 Å². The number of benzene rings is 8. The van der Waals surface area contributed by atoms with Gasteiger partial charge in [0, 0.05) is 69.2 Å². The third kappa shape index (κ3) is 4.55. The quantitative estimate of drug-likeness (QED) is 0.182. The second-order valence-corrected chi connectivity index (χ2v) is 15.0. The monoisotopic (exact) mass is 720 g/mol. The zero-order chi connectivity index (χ0) is 36.0. The Bertz CT molecular complexity index is 3430. The number of para-hydroxylation sites is 2. The summed E-state index contributed by atoms with van der Waals surface area (Å²) in [7, 11) is 0. The predicted molar refractivity (Wildman–Crippen MR) is 228 cm³/mol. The Labute approximate surface area is 318 Å². The van der Waals surface area contributed by atoms with Gasteiger partial charge in [-0.25, -0.2) is 15.0 Å². The highest BCUT2D eigenvalue weighted by Gasteiger charge is 2.23. The van der Waals surface area contributed by atoms with Gasteiger partial charge in [0.15, 0.2) is 17.5 Å². The third-order valence-electron chi connectivity index (χ3n) is 10.8. The van der Waals surface area contributed by atoms with E-state index in [9.17, 15) is 0 Å². The average Bonchev–Trinajstić information content (AvgIpc) is 3.92. The van der Waals surface area contributed by atoms with Crippen LogP contribution in [0.15, 0.2) is 174 Å². The maximum atomic E-state index is 6.82. The van der Waals surface area contributed by atoms with Crippen LogP contribution in [0.4, 0.5) is 0 Å². The SMILES string of the molecule is c1ccc(-c2nc(-c3ccccc3)nc(-c3cccc4c(-n5c6ccccc6c6cc7sc8ccccc8c7cc65)cc5c6ccccc6oc5c34)n2)cc1. The standard InChI is InChI=1S/C49H28N4OS/c1-3-14-29(15-4-1)47-50-48(30-16-5-2-6-17-30)52-49(51-47)35-22-13-21-34-40(27-38-32-19-8-11-24-42(32)54-46(38)45(34)35)53-39-23-10-7-18-31(39)36-28-44-37(26-41(36)53)33-20-9-12-25-43(33)55-44/h1-28H. The van der Waals surface area contributed by atoms with Crippen LogP contribution in [0.25, 0.3) is 115 Å². The molecule has 5 nitrogen and oxygen atoms in total. The Morgan fingerprint density at radius 1 is 0.418 bits per heavy atom. The highest BCUT2D eigenvalue weighted by atomic mass is 32.1. The van der Waals surface area contributed by atoms with E-state index < -0.39 is 0 Å². The summed E-state index contributed by atoms with van der Waals surface area (Å²) in [5.41, 5.74) is 7.76. The van der Waals surface area contributed by atoms with Crippen molar-refractivity contribution >= 4 is 86.0 Å². The van der Waals surface area contributed by atoms with Gasteiger partial charge in [-0.15, -0.1) is 11.3 Å². The second kappa shape index (κ2) is 11.7. The lowest BCUT2D eigenvalue weighted by Gasteiger charge is -2.15. The maximum absolute atomic E-state index is 6.82. The van der Waals surface area contributed by atoms with Gasteiger partial charge in [-0.1, -0.05) is 133 Å². The summed E-state index contributed by atoms with van der Waals surface area (Å²) >= 11 is 1.85. The zero-order valence-corrected chi connectivity index (χ0v) is 30.1. The van der Waals surface area contributed by atoms with Gasteiger partial charge in [0.05, 0.1) is 16.7 Å². The van der Waals surface area contributed by atoms with Crippen molar-refractivity contribution in [3.8, 4) is 39.9 Å². The molecule has 0 N–H and O–H groups in total. The van der Waals surface area contributed by atoms with Crippen molar-refractivity contribution in [3.05, 3.63) is 170 Å². The van der Waals surface area contributed by atoms with Crippen molar-refractivity contribution in [2.45, 2.75) is 0 Å². The molecule has 0 aliphatic carbocycles. The van der Waals surface area contributed by atoms with E-state index in [2.05, 4.69) is 102 Å². The van der Waals surface area contributed by atoms with Crippen molar-refractivity contribution in [3.63, 3.8) is 0 Å². The molecule has 0 aliphatic rings. The molecule has 8 aromatic carbocycles. The fourth-order valence-electron chi connectivity index (χ4n) is 8.37. The predicted octanol–water partition coefficient (Wildman–Crippen LogP) is 13.4. The van der Waals surface area contributed by atoms with Crippen molar-refractivity contribution < 1.29 is 4.42 Å². The van der Waals surface area contributed by atoms with Crippen LogP contribution in [0.3, 0.4) is 0 Å². The molecular weight excluding hydrogens is 693 g/mol. The van der Waals surface area contributed by atoms with E-state index in [1.54, 1.807) is 0 Å². The molecule has 0 aliphatic heterocycles. The van der Waals surface area contributed by atoms with Crippen molar-refractivity contribution in [1.82, 2.24) is 19.5 Å². The van der Waals surface area contributed by atoms with E-state index in [1.807, 2.05) is 84.1 Å². The minimum Gasteiger partial charge on any atom is -0.455 e. The summed E-state index contributed by atoms with van der Waals surface area (Å²) in [5.74, 6) is 1.83. The molecule has 12 rings (SSSR count). The highest BCUT2D eigenvalue weighted by Crippen LogP contribution is 2.45. The van der Waals surface area contributed by atoms with E-state index in [4.69, 9.17) is 19.4 Å². The fourth-order valence-corrected chi connectivity index (χ4v) is 9.49. The zero-order valence-electron chi connectivity index (χ0n) is 29.3. The van der Waals surface area contributed by atoms with Crippen molar-refractivity contribution in [1.29, 1.82) is 0 Å². The number of hydrogen-bond acceptors (Lipinski definition) is 5. The molecule has 6 heteroatoms. The van der Waals surface area contributed by atoms with Crippen LogP contribution >= 0.6 is 11.3 Å². The first-order valence-corrected chi connectivity index (χ1v) is 19.2. The lowest BCUT2D eigenvalue weighted by Crippen LogP contribution is -2.01. The summed E-state index contributed by atoms with van der Waals surface area (Å²) in [6.07, 6.45) is 0. The summed E-state index contributed by atoms with van der Waals surface area (Å²) in [5, 5.41) is 9.11. The van der Waals surface area contributed by atoms with Crippen LogP contribution in [0.5, 0.6) is 0 Å². The van der Waals surface area contributed by atoms with Crippen molar-refractivity contribution in [2.75, 3.05) is 0 Å². The minimum atomic E-state index is 0.589. The molecule has 256 valence electrons. The van der Waals surface area contributed by atoms with Crippen LogP contribution in [0.1, 0.15) is 0 Å². The van der Waals surface area contributed by atoms with E-state index in [-0.39, 0.29) is 0 Å². The van der Waals surface area contributed by atoms with Crippen LogP contribution in [-0.2, 0) is 0 Å². The molecular formula is C49H28N4OS. The minimum absolute atomic E-state index is 0.589. The van der Waals surface area contributed by atoms with Gasteiger partial charge in [0.2, 0.25) is 0 Å². The fraction of sp³-hybridized carbons (Fsp3) is 0. The molecule has 0 atom stereocenters. The molecule has 0 amide bonds. The van der Waals surface area contributed by atoms with Crippen molar-refractivity contribution in [2.24, 2.45) is 0 Å². The average molecular weight is 721 g/mol. The van der Waals surface area contributed by atoms with Gasteiger partial charge in [-0.05, 0) is 36.4 Å². The molecule has 0 unspecified atom stereocenters. The molecule has 12 aromatic rings. The molecule has 0 saturated heterocycles. The van der Waals surface area contributed by atoms with Crippen LogP contribution in [-0.4, -0.2) is 19.5 Å². The van der Waals surface area contributed by atoms with Gasteiger partial charge in [-0.3, -0.25) is 0 Å². The first-order valence-electron chi connectivity index (χ1n) is 18.4. The Kier molecular flexibility index (Phi) is 6.44. The van der Waals surface area contributed by atoms with Gasteiger partial charge in [-0.2, -0.15) is 0 Å². The Hall–Kier alpha value is -7.15. The van der Waals surface area contributed by atoms with Crippen LogP contribution in [0.2, 0.25) is 0 Å². The number of thiophene rings is 1. The summed E-state index contributed by atoms with van der Waals surface area (Å²) in [6, 6.07) is 59.5. The molecule has 4 heterocycles. The molecule has 0 fully saturated rings. The Morgan fingerprint density at radius 2 is 1.05 bits per heavy atom. The normalized spacial score (nSPS) is 12.0. The molecule has 4 aromatic heterocycles. The molecule has 0 spiro atoms. The number of rotatable bonds is 4. The number of nitrogens with zero attached hydrogens (tertiary/aromatic N) is 4. The van der Waals surface area contributed by atoms with E-state index >= 15 is 0 Å². The van der Waals surface area contributed by atoms with E-state index in [0.717, 1.165) is 66.1 Å². The lowest BCUT2D eigenvalue weighted by atomic mass is 9.98. The Morgan fingerprint density at radius 3 is 1.84 bits per heavy atom. The first-order chi connectivity index (χ1) is 27.3. The number of aromatic nitrogens is 4. The van der Waals surface area contributed by atoms with Gasteiger partial charge >= 0.3 is 0 Å². The molecule has 55 heavy (non-hydrogen) atoms. The number of fused-ring (bicyclic) bond motifs is 11. The van der Waals surface area contributed by atoms with Gasteiger partial charge in [0.25, 0.3) is 0 Å². The molecule has 0 radical (unpaired) electrons.